The molecule has 0 aliphatic carbocycles. The van der Waals surface area contributed by atoms with Crippen LogP contribution in [-0.4, -0.2) is 42.6 Å². The second kappa shape index (κ2) is 9.58. The predicted molar refractivity (Wildman–Crippen MR) is 111 cm³/mol. The zero-order valence-electron chi connectivity index (χ0n) is 15.5. The van der Waals surface area contributed by atoms with Gasteiger partial charge in [-0.15, -0.1) is 11.8 Å². The number of para-hydroxylation sites is 1. The highest BCUT2D eigenvalue weighted by Gasteiger charge is 2.26. The lowest BCUT2D eigenvalue weighted by molar-refractivity contribution is -0.123. The molecule has 1 atom stereocenters. The molecule has 6 heteroatoms. The van der Waals surface area contributed by atoms with Crippen LogP contribution in [-0.2, 0) is 9.59 Å². The Hall–Kier alpha value is -2.31. The number of benzene rings is 2. The SMILES string of the molecule is CSc1cccc(NC(=O)CN2CCC[C@@H](C(=O)Nc3ccccc3)C2)c1. The Morgan fingerprint density at radius 3 is 2.63 bits per heavy atom. The summed E-state index contributed by atoms with van der Waals surface area (Å²) in [6.07, 6.45) is 3.78. The van der Waals surface area contributed by atoms with Crippen LogP contribution in [0, 0.1) is 5.92 Å². The first-order chi connectivity index (χ1) is 13.1. The van der Waals surface area contributed by atoms with Gasteiger partial charge in [-0.25, -0.2) is 0 Å². The van der Waals surface area contributed by atoms with Crippen LogP contribution in [0.4, 0.5) is 11.4 Å². The molecule has 2 N–H and O–H groups in total. The molecule has 0 aromatic heterocycles. The Labute approximate surface area is 164 Å². The maximum atomic E-state index is 12.5. The lowest BCUT2D eigenvalue weighted by Crippen LogP contribution is -2.43. The molecular weight excluding hydrogens is 358 g/mol. The molecule has 0 saturated carbocycles. The van der Waals surface area contributed by atoms with E-state index in [9.17, 15) is 9.59 Å². The summed E-state index contributed by atoms with van der Waals surface area (Å²) in [6, 6.07) is 17.3. The van der Waals surface area contributed by atoms with E-state index in [1.165, 1.54) is 0 Å². The lowest BCUT2D eigenvalue weighted by atomic mass is 9.97. The van der Waals surface area contributed by atoms with Crippen molar-refractivity contribution < 1.29 is 9.59 Å². The lowest BCUT2D eigenvalue weighted by Gasteiger charge is -2.31. The van der Waals surface area contributed by atoms with Crippen molar-refractivity contribution in [1.29, 1.82) is 0 Å². The third-order valence-corrected chi connectivity index (χ3v) is 5.36. The summed E-state index contributed by atoms with van der Waals surface area (Å²) in [5, 5.41) is 5.92. The van der Waals surface area contributed by atoms with Crippen molar-refractivity contribution in [2.45, 2.75) is 17.7 Å². The number of likely N-dealkylation sites (tertiary alicyclic amines) is 1. The van der Waals surface area contributed by atoms with Gasteiger partial charge in [0, 0.05) is 22.8 Å². The van der Waals surface area contributed by atoms with E-state index < -0.39 is 0 Å². The van der Waals surface area contributed by atoms with E-state index in [4.69, 9.17) is 0 Å². The number of carbonyl (C=O) groups is 2. The average molecular weight is 384 g/mol. The van der Waals surface area contributed by atoms with E-state index in [1.54, 1.807) is 11.8 Å². The van der Waals surface area contributed by atoms with E-state index in [0.29, 0.717) is 13.1 Å². The number of nitrogens with one attached hydrogen (secondary N) is 2. The van der Waals surface area contributed by atoms with E-state index in [0.717, 1.165) is 35.7 Å². The number of hydrogen-bond donors (Lipinski definition) is 2. The van der Waals surface area contributed by atoms with E-state index in [-0.39, 0.29) is 17.7 Å². The van der Waals surface area contributed by atoms with Crippen molar-refractivity contribution in [3.63, 3.8) is 0 Å². The topological polar surface area (TPSA) is 61.4 Å². The summed E-state index contributed by atoms with van der Waals surface area (Å²) < 4.78 is 0. The first-order valence-corrected chi connectivity index (χ1v) is 10.4. The number of carbonyl (C=O) groups excluding carboxylic acids is 2. The first-order valence-electron chi connectivity index (χ1n) is 9.16. The Bertz CT molecular complexity index is 782. The number of piperidine rings is 1. The Morgan fingerprint density at radius 1 is 1.07 bits per heavy atom. The largest absolute Gasteiger partial charge is 0.326 e. The van der Waals surface area contributed by atoms with Crippen molar-refractivity contribution >= 4 is 35.0 Å². The van der Waals surface area contributed by atoms with Crippen LogP contribution >= 0.6 is 11.8 Å². The summed E-state index contributed by atoms with van der Waals surface area (Å²) >= 11 is 1.64. The highest BCUT2D eigenvalue weighted by Crippen LogP contribution is 2.20. The summed E-state index contributed by atoms with van der Waals surface area (Å²) in [6.45, 7) is 1.75. The molecule has 2 aromatic rings. The van der Waals surface area contributed by atoms with Gasteiger partial charge in [-0.1, -0.05) is 24.3 Å². The first kappa shape index (κ1) is 19.5. The maximum Gasteiger partial charge on any atom is 0.238 e. The number of anilines is 2. The van der Waals surface area contributed by atoms with Gasteiger partial charge < -0.3 is 10.6 Å². The maximum absolute atomic E-state index is 12.5. The molecule has 5 nitrogen and oxygen atoms in total. The fourth-order valence-electron chi connectivity index (χ4n) is 3.28. The minimum Gasteiger partial charge on any atom is -0.326 e. The van der Waals surface area contributed by atoms with Crippen molar-refractivity contribution in [2.24, 2.45) is 5.92 Å². The van der Waals surface area contributed by atoms with E-state index in [1.807, 2.05) is 60.9 Å². The molecule has 27 heavy (non-hydrogen) atoms. The summed E-state index contributed by atoms with van der Waals surface area (Å²) in [5.41, 5.74) is 1.62. The molecule has 1 aliphatic heterocycles. The molecule has 0 spiro atoms. The number of nitrogens with zero attached hydrogens (tertiary/aromatic N) is 1. The van der Waals surface area contributed by atoms with Gasteiger partial charge in [-0.2, -0.15) is 0 Å². The summed E-state index contributed by atoms with van der Waals surface area (Å²) in [7, 11) is 0. The van der Waals surface area contributed by atoms with Gasteiger partial charge >= 0.3 is 0 Å². The normalized spacial score (nSPS) is 17.3. The van der Waals surface area contributed by atoms with Crippen LogP contribution in [0.2, 0.25) is 0 Å². The molecule has 1 aliphatic rings. The minimum absolute atomic E-state index is 0.0268. The molecule has 1 saturated heterocycles. The van der Waals surface area contributed by atoms with E-state index >= 15 is 0 Å². The minimum atomic E-state index is -0.0911. The molecule has 1 heterocycles. The molecule has 2 amide bonds. The molecule has 2 aromatic carbocycles. The van der Waals surface area contributed by atoms with Crippen LogP contribution < -0.4 is 10.6 Å². The molecule has 0 bridgehead atoms. The fourth-order valence-corrected chi connectivity index (χ4v) is 3.74. The number of rotatable bonds is 6. The van der Waals surface area contributed by atoms with Gasteiger partial charge in [0.15, 0.2) is 0 Å². The third kappa shape index (κ3) is 5.84. The van der Waals surface area contributed by atoms with Crippen LogP contribution in [0.3, 0.4) is 0 Å². The second-order valence-corrected chi connectivity index (χ2v) is 7.59. The average Bonchev–Trinajstić information content (AvgIpc) is 2.69. The molecule has 142 valence electrons. The smallest absolute Gasteiger partial charge is 0.238 e. The molecule has 1 fully saturated rings. The highest BCUT2D eigenvalue weighted by atomic mass is 32.2. The van der Waals surface area contributed by atoms with Crippen molar-refractivity contribution in [1.82, 2.24) is 4.90 Å². The fraction of sp³-hybridized carbons (Fsp3) is 0.333. The van der Waals surface area contributed by atoms with Crippen LogP contribution in [0.1, 0.15) is 12.8 Å². The molecule has 3 rings (SSSR count). The van der Waals surface area contributed by atoms with Crippen LogP contribution in [0.15, 0.2) is 59.5 Å². The Balaban J connectivity index is 1.51. The number of amides is 2. The van der Waals surface area contributed by atoms with Crippen LogP contribution in [0.5, 0.6) is 0 Å². The Kier molecular flexibility index (Phi) is 6.90. The molecular formula is C21H25N3O2S. The van der Waals surface area contributed by atoms with Gasteiger partial charge in [0.2, 0.25) is 11.8 Å². The third-order valence-electron chi connectivity index (χ3n) is 4.64. The summed E-state index contributed by atoms with van der Waals surface area (Å²) in [4.78, 5) is 28.1. The van der Waals surface area contributed by atoms with Crippen molar-refractivity contribution in [3.8, 4) is 0 Å². The summed E-state index contributed by atoms with van der Waals surface area (Å²) in [5.74, 6) is -0.108. The van der Waals surface area contributed by atoms with Crippen LogP contribution in [0.25, 0.3) is 0 Å². The van der Waals surface area contributed by atoms with Gasteiger partial charge in [0.05, 0.1) is 12.5 Å². The Morgan fingerprint density at radius 2 is 1.85 bits per heavy atom. The van der Waals surface area contributed by atoms with Gasteiger partial charge in [0.1, 0.15) is 0 Å². The highest BCUT2D eigenvalue weighted by molar-refractivity contribution is 7.98. The molecule has 0 radical (unpaired) electrons. The zero-order valence-corrected chi connectivity index (χ0v) is 16.3. The predicted octanol–water partition coefficient (Wildman–Crippen LogP) is 3.70. The van der Waals surface area contributed by atoms with Crippen molar-refractivity contribution in [2.75, 3.05) is 36.5 Å². The van der Waals surface area contributed by atoms with Gasteiger partial charge in [0.25, 0.3) is 0 Å². The van der Waals surface area contributed by atoms with Gasteiger partial charge in [-0.3, -0.25) is 14.5 Å². The van der Waals surface area contributed by atoms with Crippen molar-refractivity contribution in [3.05, 3.63) is 54.6 Å². The number of thioether (sulfide) groups is 1. The van der Waals surface area contributed by atoms with Gasteiger partial charge in [-0.05, 0) is 56.0 Å². The molecule has 0 unspecified atom stereocenters. The zero-order chi connectivity index (χ0) is 19.1. The second-order valence-electron chi connectivity index (χ2n) is 6.71. The van der Waals surface area contributed by atoms with E-state index in [2.05, 4.69) is 15.5 Å². The quantitative estimate of drug-likeness (QED) is 0.747. The standard InChI is InChI=1S/C21H25N3O2S/c1-27-19-11-5-10-18(13-19)22-20(25)15-24-12-6-7-16(14-24)21(26)23-17-8-3-2-4-9-17/h2-5,8-11,13,16H,6-7,12,14-15H2,1H3,(H,22,25)(H,23,26)/t16-/m1/s1. The monoisotopic (exact) mass is 383 g/mol. The number of hydrogen-bond acceptors (Lipinski definition) is 4.